The molecular weight excluding hydrogens is 378 g/mol. The first-order valence-electron chi connectivity index (χ1n) is 7.18. The summed E-state index contributed by atoms with van der Waals surface area (Å²) >= 11 is 4.91. The van der Waals surface area contributed by atoms with Gasteiger partial charge in [0.05, 0.1) is 10.7 Å². The fourth-order valence-electron chi connectivity index (χ4n) is 1.97. The molecule has 0 aliphatic carbocycles. The third kappa shape index (κ3) is 5.00. The molecule has 0 N–H and O–H groups in total. The van der Waals surface area contributed by atoms with Crippen LogP contribution in [0.2, 0.25) is 0 Å². The number of ether oxygens (including phenoxy) is 1. The highest BCUT2D eigenvalue weighted by atomic mass is 79.9. The normalized spacial score (nSPS) is 11.4. The van der Waals surface area contributed by atoms with Crippen molar-refractivity contribution in [2.45, 2.75) is 39.7 Å². The Kier molecular flexibility index (Phi) is 5.41. The Hall–Kier alpha value is -1.47. The van der Waals surface area contributed by atoms with E-state index in [4.69, 9.17) is 4.74 Å². The van der Waals surface area contributed by atoms with Gasteiger partial charge in [-0.05, 0) is 55.3 Å². The molecule has 0 unspecified atom stereocenters. The molecule has 2 aromatic heterocycles. The molecule has 0 radical (unpaired) electrons. The minimum Gasteiger partial charge on any atom is -0.443 e. The van der Waals surface area contributed by atoms with Crippen LogP contribution in [0.1, 0.15) is 37.0 Å². The summed E-state index contributed by atoms with van der Waals surface area (Å²) in [7, 11) is 1.71. The average molecular weight is 398 g/mol. The Labute approximate surface area is 148 Å². The third-order valence-corrected chi connectivity index (χ3v) is 4.57. The van der Waals surface area contributed by atoms with Crippen LogP contribution < -0.4 is 4.90 Å². The summed E-state index contributed by atoms with van der Waals surface area (Å²) in [6, 6.07) is 2.01. The third-order valence-electron chi connectivity index (χ3n) is 2.91. The fraction of sp³-hybridized carbons (Fsp3) is 0.438. The number of amides is 1. The van der Waals surface area contributed by atoms with Crippen LogP contribution in [0, 0.1) is 6.92 Å². The quantitative estimate of drug-likeness (QED) is 0.760. The molecule has 2 rings (SSSR count). The zero-order valence-electron chi connectivity index (χ0n) is 13.9. The van der Waals surface area contributed by atoms with Gasteiger partial charge in [-0.25, -0.2) is 9.78 Å². The van der Waals surface area contributed by atoms with Crippen molar-refractivity contribution in [3.05, 3.63) is 39.2 Å². The molecule has 0 saturated heterocycles. The summed E-state index contributed by atoms with van der Waals surface area (Å²) < 4.78 is 6.34. The van der Waals surface area contributed by atoms with Crippen LogP contribution in [-0.2, 0) is 11.2 Å². The molecule has 5 nitrogen and oxygen atoms in total. The monoisotopic (exact) mass is 397 g/mol. The van der Waals surface area contributed by atoms with Crippen molar-refractivity contribution in [1.29, 1.82) is 0 Å². The van der Waals surface area contributed by atoms with Gasteiger partial charge < -0.3 is 4.74 Å². The minimum atomic E-state index is -0.519. The van der Waals surface area contributed by atoms with Crippen molar-refractivity contribution >= 4 is 38.4 Å². The first-order chi connectivity index (χ1) is 10.7. The van der Waals surface area contributed by atoms with Gasteiger partial charge >= 0.3 is 6.09 Å². The second-order valence-electron chi connectivity index (χ2n) is 6.23. The van der Waals surface area contributed by atoms with Crippen LogP contribution >= 0.6 is 27.3 Å². The number of anilines is 1. The second-order valence-corrected chi connectivity index (χ2v) is 8.20. The van der Waals surface area contributed by atoms with Crippen molar-refractivity contribution in [1.82, 2.24) is 9.97 Å². The molecule has 0 atom stereocenters. The molecule has 23 heavy (non-hydrogen) atoms. The van der Waals surface area contributed by atoms with E-state index in [1.807, 2.05) is 40.0 Å². The van der Waals surface area contributed by atoms with Gasteiger partial charge in [0.25, 0.3) is 0 Å². The van der Waals surface area contributed by atoms with Gasteiger partial charge in [-0.15, -0.1) is 11.3 Å². The number of aryl methyl sites for hydroxylation is 1. The molecule has 0 spiro atoms. The highest BCUT2D eigenvalue weighted by molar-refractivity contribution is 9.10. The number of carbonyl (C=O) groups is 1. The van der Waals surface area contributed by atoms with Crippen LogP contribution in [0.15, 0.2) is 22.9 Å². The van der Waals surface area contributed by atoms with Crippen LogP contribution in [0.5, 0.6) is 0 Å². The minimum absolute atomic E-state index is 0.375. The van der Waals surface area contributed by atoms with E-state index in [1.165, 1.54) is 16.2 Å². The molecule has 0 saturated carbocycles. The van der Waals surface area contributed by atoms with E-state index < -0.39 is 5.60 Å². The molecule has 0 aliphatic rings. The number of hydrogen-bond acceptors (Lipinski definition) is 5. The van der Waals surface area contributed by atoms with E-state index in [2.05, 4.69) is 25.9 Å². The lowest BCUT2D eigenvalue weighted by molar-refractivity contribution is 0.0590. The molecule has 1 amide bonds. The van der Waals surface area contributed by atoms with Gasteiger partial charge in [-0.2, -0.15) is 0 Å². The first-order valence-corrected chi connectivity index (χ1v) is 8.79. The number of halogens is 1. The zero-order valence-corrected chi connectivity index (χ0v) is 16.3. The van der Waals surface area contributed by atoms with Crippen LogP contribution in [-0.4, -0.2) is 28.7 Å². The zero-order chi connectivity index (χ0) is 17.2. The van der Waals surface area contributed by atoms with Crippen molar-refractivity contribution in [2.24, 2.45) is 0 Å². The lowest BCUT2D eigenvalue weighted by Crippen LogP contribution is -2.34. The number of pyridine rings is 1. The van der Waals surface area contributed by atoms with Crippen LogP contribution in [0.4, 0.5) is 9.80 Å². The summed E-state index contributed by atoms with van der Waals surface area (Å²) in [4.78, 5) is 22.4. The standard InChI is InChI=1S/C16H20BrN3O2S/c1-10-14(20(5)15(21)22-16(2,3)4)23-13(19-10)7-11-6-12(17)9-18-8-11/h6,8-9H,7H2,1-5H3. The van der Waals surface area contributed by atoms with Crippen molar-refractivity contribution in [2.75, 3.05) is 11.9 Å². The van der Waals surface area contributed by atoms with Gasteiger partial charge in [0, 0.05) is 30.3 Å². The Morgan fingerprint density at radius 2 is 2.09 bits per heavy atom. The number of hydrogen-bond donors (Lipinski definition) is 0. The van der Waals surface area contributed by atoms with E-state index in [-0.39, 0.29) is 6.09 Å². The Balaban J connectivity index is 2.16. The molecule has 2 heterocycles. The van der Waals surface area contributed by atoms with Gasteiger partial charge in [0.15, 0.2) is 0 Å². The van der Waals surface area contributed by atoms with Gasteiger partial charge in [0.1, 0.15) is 10.6 Å². The smallest absolute Gasteiger partial charge is 0.415 e. The first kappa shape index (κ1) is 17.9. The summed E-state index contributed by atoms with van der Waals surface area (Å²) in [5.74, 6) is 0. The summed E-state index contributed by atoms with van der Waals surface area (Å²) in [6.07, 6.45) is 3.87. The molecule has 0 aliphatic heterocycles. The van der Waals surface area contributed by atoms with E-state index in [0.717, 1.165) is 25.7 Å². The second kappa shape index (κ2) is 6.97. The van der Waals surface area contributed by atoms with Crippen LogP contribution in [0.25, 0.3) is 0 Å². The number of rotatable bonds is 3. The topological polar surface area (TPSA) is 55.3 Å². The van der Waals surface area contributed by atoms with Gasteiger partial charge in [0.2, 0.25) is 0 Å². The van der Waals surface area contributed by atoms with E-state index in [0.29, 0.717) is 6.42 Å². The van der Waals surface area contributed by atoms with Crippen LogP contribution in [0.3, 0.4) is 0 Å². The van der Waals surface area contributed by atoms with E-state index in [1.54, 1.807) is 13.2 Å². The number of nitrogens with zero attached hydrogens (tertiary/aromatic N) is 3. The highest BCUT2D eigenvalue weighted by Crippen LogP contribution is 2.30. The predicted molar refractivity (Wildman–Crippen MR) is 96.2 cm³/mol. The number of aromatic nitrogens is 2. The molecular formula is C16H20BrN3O2S. The molecule has 7 heteroatoms. The molecule has 0 fully saturated rings. The molecule has 124 valence electrons. The van der Waals surface area contributed by atoms with Gasteiger partial charge in [-0.1, -0.05) is 0 Å². The van der Waals surface area contributed by atoms with Gasteiger partial charge in [-0.3, -0.25) is 9.88 Å². The number of carbonyl (C=O) groups excluding carboxylic acids is 1. The maximum Gasteiger partial charge on any atom is 0.415 e. The molecule has 0 aromatic carbocycles. The Bertz CT molecular complexity index is 710. The van der Waals surface area contributed by atoms with Crippen molar-refractivity contribution < 1.29 is 9.53 Å². The summed E-state index contributed by atoms with van der Waals surface area (Å²) in [5.41, 5.74) is 1.37. The molecule has 0 bridgehead atoms. The average Bonchev–Trinajstić information content (AvgIpc) is 2.76. The maximum absolute atomic E-state index is 12.2. The maximum atomic E-state index is 12.2. The lowest BCUT2D eigenvalue weighted by Gasteiger charge is -2.23. The summed E-state index contributed by atoms with van der Waals surface area (Å²) in [6.45, 7) is 7.45. The SMILES string of the molecule is Cc1nc(Cc2cncc(Br)c2)sc1N(C)C(=O)OC(C)(C)C. The lowest BCUT2D eigenvalue weighted by atomic mass is 10.2. The van der Waals surface area contributed by atoms with E-state index >= 15 is 0 Å². The number of thiazole rings is 1. The predicted octanol–water partition coefficient (Wildman–Crippen LogP) is 4.57. The fourth-order valence-corrected chi connectivity index (χ4v) is 3.43. The summed E-state index contributed by atoms with van der Waals surface area (Å²) in [5, 5.41) is 1.74. The molecule has 2 aromatic rings. The van der Waals surface area contributed by atoms with Crippen molar-refractivity contribution in [3.8, 4) is 0 Å². The largest absolute Gasteiger partial charge is 0.443 e. The Morgan fingerprint density at radius 3 is 2.70 bits per heavy atom. The Morgan fingerprint density at radius 1 is 1.39 bits per heavy atom. The van der Waals surface area contributed by atoms with Crippen molar-refractivity contribution in [3.63, 3.8) is 0 Å². The van der Waals surface area contributed by atoms with E-state index in [9.17, 15) is 4.79 Å². The highest BCUT2D eigenvalue weighted by Gasteiger charge is 2.23.